The fraction of sp³-hybridized carbons (Fsp3) is 0.211. The van der Waals surface area contributed by atoms with Crippen molar-refractivity contribution in [1.29, 1.82) is 0 Å². The molecule has 0 unspecified atom stereocenters. The molecule has 4 rings (SSSR count). The van der Waals surface area contributed by atoms with Crippen molar-refractivity contribution in [2.75, 3.05) is 26.9 Å². The number of benzene rings is 2. The van der Waals surface area contributed by atoms with Crippen LogP contribution in [0.2, 0.25) is 0 Å². The third kappa shape index (κ3) is 2.80. The first-order valence-corrected chi connectivity index (χ1v) is 7.81. The van der Waals surface area contributed by atoms with Gasteiger partial charge in [0.05, 0.1) is 12.7 Å². The number of fused-ring (bicyclic) bond motifs is 2. The van der Waals surface area contributed by atoms with Crippen LogP contribution in [0.5, 0.6) is 23.0 Å². The number of ketones is 1. The molecule has 0 aromatic heterocycles. The maximum atomic E-state index is 13.4. The zero-order valence-corrected chi connectivity index (χ0v) is 13.5. The summed E-state index contributed by atoms with van der Waals surface area (Å²) >= 11 is 0. The van der Waals surface area contributed by atoms with Crippen molar-refractivity contribution in [3.05, 3.63) is 52.8 Å². The minimum atomic E-state index is -0.474. The molecule has 2 heterocycles. The van der Waals surface area contributed by atoms with Crippen LogP contribution in [0.25, 0.3) is 6.08 Å². The number of rotatable bonds is 2. The molecule has 0 N–H and O–H groups in total. The highest BCUT2D eigenvalue weighted by atomic mass is 19.1. The molecule has 0 atom stereocenters. The molecule has 2 aromatic carbocycles. The topological polar surface area (TPSA) is 54.0 Å². The number of carbonyl (C=O) groups excluding carboxylic acids is 1. The second-order valence-electron chi connectivity index (χ2n) is 5.68. The number of ether oxygens (including phenoxy) is 4. The lowest BCUT2D eigenvalue weighted by Crippen LogP contribution is -2.19. The summed E-state index contributed by atoms with van der Waals surface area (Å²) in [5, 5.41) is 0. The van der Waals surface area contributed by atoms with Crippen LogP contribution in [0.3, 0.4) is 0 Å². The molecule has 0 spiro atoms. The normalized spacial score (nSPS) is 17.0. The Hall–Kier alpha value is -3.02. The van der Waals surface area contributed by atoms with Crippen LogP contribution >= 0.6 is 0 Å². The summed E-state index contributed by atoms with van der Waals surface area (Å²) in [7, 11) is 1.54. The van der Waals surface area contributed by atoms with Gasteiger partial charge in [-0.2, -0.15) is 0 Å². The van der Waals surface area contributed by atoms with E-state index in [2.05, 4.69) is 0 Å². The van der Waals surface area contributed by atoms with Gasteiger partial charge in [-0.25, -0.2) is 4.39 Å². The second kappa shape index (κ2) is 6.12. The van der Waals surface area contributed by atoms with Gasteiger partial charge in [-0.05, 0) is 42.0 Å². The van der Waals surface area contributed by atoms with E-state index in [0.717, 1.165) is 0 Å². The minimum absolute atomic E-state index is 0.119. The van der Waals surface area contributed by atoms with Gasteiger partial charge in [-0.15, -0.1) is 0 Å². The smallest absolute Gasteiger partial charge is 0.203 e. The van der Waals surface area contributed by atoms with Crippen molar-refractivity contribution in [2.45, 2.75) is 0 Å². The second-order valence-corrected chi connectivity index (χ2v) is 5.68. The van der Waals surface area contributed by atoms with Crippen LogP contribution in [0.4, 0.5) is 4.39 Å². The van der Waals surface area contributed by atoms with E-state index in [9.17, 15) is 9.18 Å². The quantitative estimate of drug-likeness (QED) is 0.784. The Morgan fingerprint density at radius 1 is 1.08 bits per heavy atom. The predicted octanol–water partition coefficient (Wildman–Crippen LogP) is 3.26. The molecule has 0 radical (unpaired) electrons. The van der Waals surface area contributed by atoms with Gasteiger partial charge in [0.15, 0.2) is 17.3 Å². The number of hydrogen-bond donors (Lipinski definition) is 0. The highest BCUT2D eigenvalue weighted by Crippen LogP contribution is 2.41. The summed E-state index contributed by atoms with van der Waals surface area (Å²) in [6.07, 6.45) is 1.69. The third-order valence-electron chi connectivity index (χ3n) is 4.05. The van der Waals surface area contributed by atoms with E-state index in [1.165, 1.54) is 18.2 Å². The molecule has 2 aliphatic rings. The van der Waals surface area contributed by atoms with Crippen LogP contribution in [-0.4, -0.2) is 32.7 Å². The average molecular weight is 342 g/mol. The van der Waals surface area contributed by atoms with E-state index >= 15 is 0 Å². The van der Waals surface area contributed by atoms with Gasteiger partial charge in [0.2, 0.25) is 5.75 Å². The van der Waals surface area contributed by atoms with Gasteiger partial charge in [0.1, 0.15) is 31.4 Å². The van der Waals surface area contributed by atoms with Gasteiger partial charge < -0.3 is 18.9 Å². The fourth-order valence-electron chi connectivity index (χ4n) is 2.88. The van der Waals surface area contributed by atoms with E-state index in [-0.39, 0.29) is 18.0 Å². The summed E-state index contributed by atoms with van der Waals surface area (Å²) in [4.78, 5) is 12.6. The Labute approximate surface area is 143 Å². The SMILES string of the molecule is COc1cc(/C=C2\COc3ccc(F)cc3C2=O)cc2c1OCCO2. The first kappa shape index (κ1) is 15.5. The predicted molar refractivity (Wildman–Crippen MR) is 88.2 cm³/mol. The first-order valence-electron chi connectivity index (χ1n) is 7.81. The molecule has 5 nitrogen and oxygen atoms in total. The van der Waals surface area contributed by atoms with Crippen LogP contribution < -0.4 is 18.9 Å². The van der Waals surface area contributed by atoms with E-state index in [1.54, 1.807) is 25.3 Å². The van der Waals surface area contributed by atoms with Crippen molar-refractivity contribution in [3.63, 3.8) is 0 Å². The number of carbonyl (C=O) groups is 1. The fourth-order valence-corrected chi connectivity index (χ4v) is 2.88. The summed E-state index contributed by atoms with van der Waals surface area (Å²) in [6.45, 7) is 1.03. The molecule has 0 fully saturated rings. The van der Waals surface area contributed by atoms with Gasteiger partial charge in [-0.3, -0.25) is 4.79 Å². The summed E-state index contributed by atoms with van der Waals surface area (Å²) in [5.74, 6) is 1.30. The van der Waals surface area contributed by atoms with Crippen molar-refractivity contribution in [1.82, 2.24) is 0 Å². The van der Waals surface area contributed by atoms with Crippen molar-refractivity contribution >= 4 is 11.9 Å². The van der Waals surface area contributed by atoms with Crippen molar-refractivity contribution < 1.29 is 28.1 Å². The van der Waals surface area contributed by atoms with E-state index in [4.69, 9.17) is 18.9 Å². The van der Waals surface area contributed by atoms with Crippen LogP contribution in [0.15, 0.2) is 35.9 Å². The summed E-state index contributed by atoms with van der Waals surface area (Å²) in [6, 6.07) is 7.46. The number of methoxy groups -OCH3 is 1. The molecule has 25 heavy (non-hydrogen) atoms. The Balaban J connectivity index is 1.73. The molecule has 0 saturated heterocycles. The zero-order chi connectivity index (χ0) is 17.4. The molecule has 128 valence electrons. The van der Waals surface area contributed by atoms with Gasteiger partial charge >= 0.3 is 0 Å². The van der Waals surface area contributed by atoms with Gasteiger partial charge in [-0.1, -0.05) is 0 Å². The molecular weight excluding hydrogens is 327 g/mol. The maximum Gasteiger partial charge on any atom is 0.203 e. The molecule has 0 amide bonds. The molecule has 0 bridgehead atoms. The lowest BCUT2D eigenvalue weighted by molar-refractivity contribution is 0.1000. The van der Waals surface area contributed by atoms with Crippen molar-refractivity contribution in [2.24, 2.45) is 0 Å². The standard InChI is InChI=1S/C19H15FO5/c1-22-16-7-11(8-17-19(16)24-5-4-23-17)6-12-10-25-15-3-2-13(20)9-14(15)18(12)21/h2-3,6-9H,4-5,10H2,1H3/b12-6+. The first-order chi connectivity index (χ1) is 12.2. The largest absolute Gasteiger partial charge is 0.493 e. The van der Waals surface area contributed by atoms with E-state index in [1.807, 2.05) is 0 Å². The summed E-state index contributed by atoms with van der Waals surface area (Å²) < 4.78 is 35.5. The molecule has 2 aromatic rings. The molecule has 0 aliphatic carbocycles. The monoisotopic (exact) mass is 342 g/mol. The lowest BCUT2D eigenvalue weighted by Gasteiger charge is -2.22. The maximum absolute atomic E-state index is 13.4. The van der Waals surface area contributed by atoms with Crippen LogP contribution in [0.1, 0.15) is 15.9 Å². The number of hydrogen-bond acceptors (Lipinski definition) is 5. The van der Waals surface area contributed by atoms with Crippen molar-refractivity contribution in [3.8, 4) is 23.0 Å². The number of halogens is 1. The summed E-state index contributed by atoms with van der Waals surface area (Å²) in [5.41, 5.74) is 1.37. The van der Waals surface area contributed by atoms with E-state index < -0.39 is 5.82 Å². The highest BCUT2D eigenvalue weighted by molar-refractivity contribution is 6.14. The third-order valence-corrected chi connectivity index (χ3v) is 4.05. The Bertz CT molecular complexity index is 870. The van der Waals surface area contributed by atoms with E-state index in [0.29, 0.717) is 47.3 Å². The molecule has 6 heteroatoms. The van der Waals surface area contributed by atoms with Crippen LogP contribution in [0, 0.1) is 5.82 Å². The molecule has 0 saturated carbocycles. The molecular formula is C19H15FO5. The Morgan fingerprint density at radius 3 is 2.76 bits per heavy atom. The Kier molecular flexibility index (Phi) is 3.80. The van der Waals surface area contributed by atoms with Gasteiger partial charge in [0.25, 0.3) is 0 Å². The molecule has 2 aliphatic heterocycles. The Morgan fingerprint density at radius 2 is 1.92 bits per heavy atom. The minimum Gasteiger partial charge on any atom is -0.493 e. The average Bonchev–Trinajstić information content (AvgIpc) is 2.64. The lowest BCUT2D eigenvalue weighted by atomic mass is 9.98. The highest BCUT2D eigenvalue weighted by Gasteiger charge is 2.25. The van der Waals surface area contributed by atoms with Gasteiger partial charge in [0, 0.05) is 5.57 Å². The van der Waals surface area contributed by atoms with Crippen LogP contribution in [-0.2, 0) is 0 Å². The number of Topliss-reactive ketones (excluding diaryl/α,β-unsaturated/α-hetero) is 1. The zero-order valence-electron chi connectivity index (χ0n) is 13.5.